The first-order chi connectivity index (χ1) is 19.2. The van der Waals surface area contributed by atoms with Crippen molar-refractivity contribution < 1.29 is 17.6 Å². The Labute approximate surface area is 233 Å². The SMILES string of the molecule is Cc1c(-c2ccc(N3CCS(=O)(=O)CC3)cc2)c(C2CCCCC2C(=O)NC(C)C#N)nn1-c1ncccc1F. The van der Waals surface area contributed by atoms with Gasteiger partial charge < -0.3 is 10.2 Å². The van der Waals surface area contributed by atoms with Crippen molar-refractivity contribution in [1.29, 1.82) is 5.26 Å². The van der Waals surface area contributed by atoms with Gasteiger partial charge in [-0.1, -0.05) is 25.0 Å². The summed E-state index contributed by atoms with van der Waals surface area (Å²) in [5.74, 6) is -0.888. The minimum absolute atomic E-state index is 0.0913. The van der Waals surface area contributed by atoms with Crippen LogP contribution >= 0.6 is 0 Å². The third-order valence-electron chi connectivity index (χ3n) is 7.95. The molecule has 9 nitrogen and oxygen atoms in total. The number of carbonyl (C=O) groups is 1. The molecule has 2 aliphatic rings. The highest BCUT2D eigenvalue weighted by Crippen LogP contribution is 2.43. The Bertz CT molecular complexity index is 1530. The number of rotatable bonds is 6. The molecule has 1 saturated heterocycles. The van der Waals surface area contributed by atoms with Crippen molar-refractivity contribution in [3.8, 4) is 23.0 Å². The van der Waals surface area contributed by atoms with Crippen LogP contribution < -0.4 is 10.2 Å². The van der Waals surface area contributed by atoms with Gasteiger partial charge in [-0.2, -0.15) is 10.4 Å². The van der Waals surface area contributed by atoms with Crippen molar-refractivity contribution in [3.63, 3.8) is 0 Å². The second kappa shape index (κ2) is 11.4. The maximum absolute atomic E-state index is 14.9. The van der Waals surface area contributed by atoms with E-state index in [2.05, 4.69) is 21.3 Å². The molecule has 11 heteroatoms. The topological polar surface area (TPSA) is 121 Å². The molecule has 1 aliphatic heterocycles. The van der Waals surface area contributed by atoms with Crippen molar-refractivity contribution in [3.05, 3.63) is 59.8 Å². The second-order valence-electron chi connectivity index (χ2n) is 10.6. The number of nitrogens with zero attached hydrogens (tertiary/aromatic N) is 5. The van der Waals surface area contributed by atoms with Gasteiger partial charge >= 0.3 is 0 Å². The Morgan fingerprint density at radius 2 is 1.85 bits per heavy atom. The molecule has 40 heavy (non-hydrogen) atoms. The zero-order chi connectivity index (χ0) is 28.4. The summed E-state index contributed by atoms with van der Waals surface area (Å²) in [5, 5.41) is 16.9. The van der Waals surface area contributed by atoms with E-state index in [1.807, 2.05) is 31.2 Å². The smallest absolute Gasteiger partial charge is 0.224 e. The average molecular weight is 565 g/mol. The van der Waals surface area contributed by atoms with Crippen molar-refractivity contribution in [2.75, 3.05) is 29.5 Å². The fourth-order valence-corrected chi connectivity index (χ4v) is 7.02. The van der Waals surface area contributed by atoms with Gasteiger partial charge in [0.15, 0.2) is 21.5 Å². The minimum atomic E-state index is -2.99. The Hall–Kier alpha value is -3.78. The fourth-order valence-electron chi connectivity index (χ4n) is 5.81. The predicted octanol–water partition coefficient (Wildman–Crippen LogP) is 3.92. The summed E-state index contributed by atoms with van der Waals surface area (Å²) in [7, 11) is -2.99. The number of nitriles is 1. The number of halogens is 1. The molecule has 2 aromatic heterocycles. The fraction of sp³-hybridized carbons (Fsp3) is 0.448. The summed E-state index contributed by atoms with van der Waals surface area (Å²) in [5.41, 5.74) is 4.05. The summed E-state index contributed by atoms with van der Waals surface area (Å²) >= 11 is 0. The molecule has 210 valence electrons. The molecule has 1 aliphatic carbocycles. The van der Waals surface area contributed by atoms with E-state index in [9.17, 15) is 22.9 Å². The van der Waals surface area contributed by atoms with Crippen molar-refractivity contribution >= 4 is 21.4 Å². The molecule has 3 unspecified atom stereocenters. The molecule has 0 radical (unpaired) electrons. The molecule has 2 fully saturated rings. The average Bonchev–Trinajstić information content (AvgIpc) is 3.29. The lowest BCUT2D eigenvalue weighted by Crippen LogP contribution is -2.40. The Balaban J connectivity index is 1.57. The van der Waals surface area contributed by atoms with Crippen LogP contribution in [-0.2, 0) is 14.6 Å². The number of hydrogen-bond acceptors (Lipinski definition) is 7. The molecule has 3 atom stereocenters. The van der Waals surface area contributed by atoms with E-state index >= 15 is 0 Å². The Kier molecular flexibility index (Phi) is 7.90. The molecule has 1 amide bonds. The number of sulfone groups is 1. The quantitative estimate of drug-likeness (QED) is 0.482. The predicted molar refractivity (Wildman–Crippen MR) is 150 cm³/mol. The van der Waals surface area contributed by atoms with Crippen LogP contribution in [0.4, 0.5) is 10.1 Å². The number of hydrogen-bond donors (Lipinski definition) is 1. The van der Waals surface area contributed by atoms with Crippen molar-refractivity contribution in [1.82, 2.24) is 20.1 Å². The molecule has 5 rings (SSSR count). The van der Waals surface area contributed by atoms with Gasteiger partial charge in [-0.15, -0.1) is 0 Å². The van der Waals surface area contributed by atoms with E-state index in [1.165, 1.54) is 23.0 Å². The van der Waals surface area contributed by atoms with Gasteiger partial charge in [0.2, 0.25) is 5.91 Å². The molecular formula is C29H33FN6O3S. The third-order valence-corrected chi connectivity index (χ3v) is 9.56. The molecular weight excluding hydrogens is 531 g/mol. The van der Waals surface area contributed by atoms with Crippen LogP contribution in [0.25, 0.3) is 16.9 Å². The van der Waals surface area contributed by atoms with Gasteiger partial charge in [0.05, 0.1) is 29.0 Å². The van der Waals surface area contributed by atoms with Crippen LogP contribution in [0.3, 0.4) is 0 Å². The standard InChI is InChI=1S/C29H33FN6O3S/c1-19(18-31)33-29(37)24-7-4-3-6-23(24)27-26(20(2)36(34-27)28-25(30)8-5-13-32-28)21-9-11-22(12-10-21)35-14-16-40(38,39)17-15-35/h5,8-13,19,23-24H,3-4,6-7,14-17H2,1-2H3,(H,33,37). The van der Waals surface area contributed by atoms with Crippen LogP contribution in [0.15, 0.2) is 42.6 Å². The zero-order valence-electron chi connectivity index (χ0n) is 22.7. The molecule has 0 spiro atoms. The first-order valence-corrected chi connectivity index (χ1v) is 15.5. The summed E-state index contributed by atoms with van der Waals surface area (Å²) in [4.78, 5) is 19.6. The lowest BCUT2D eigenvalue weighted by molar-refractivity contribution is -0.126. The molecule has 1 aromatic carbocycles. The van der Waals surface area contributed by atoms with Gasteiger partial charge in [-0.05, 0) is 56.5 Å². The monoisotopic (exact) mass is 564 g/mol. The molecule has 3 heterocycles. The summed E-state index contributed by atoms with van der Waals surface area (Å²) in [6.45, 7) is 4.42. The number of anilines is 1. The van der Waals surface area contributed by atoms with Crippen molar-refractivity contribution in [2.45, 2.75) is 51.5 Å². The Morgan fingerprint density at radius 1 is 1.15 bits per heavy atom. The number of carbonyl (C=O) groups excluding carboxylic acids is 1. The highest BCUT2D eigenvalue weighted by Gasteiger charge is 2.37. The second-order valence-corrected chi connectivity index (χ2v) is 12.9. The first-order valence-electron chi connectivity index (χ1n) is 13.6. The summed E-state index contributed by atoms with van der Waals surface area (Å²) in [6.07, 6.45) is 4.77. The van der Waals surface area contributed by atoms with Gasteiger partial charge in [-0.3, -0.25) is 4.79 Å². The van der Waals surface area contributed by atoms with E-state index in [0.29, 0.717) is 30.9 Å². The molecule has 1 saturated carbocycles. The van der Waals surface area contributed by atoms with E-state index in [1.54, 1.807) is 6.92 Å². The lowest BCUT2D eigenvalue weighted by atomic mass is 9.75. The van der Waals surface area contributed by atoms with Crippen LogP contribution in [0.2, 0.25) is 0 Å². The zero-order valence-corrected chi connectivity index (χ0v) is 23.5. The van der Waals surface area contributed by atoms with E-state index in [4.69, 9.17) is 5.10 Å². The number of amides is 1. The van der Waals surface area contributed by atoms with Gasteiger partial charge in [0, 0.05) is 42.4 Å². The van der Waals surface area contributed by atoms with Crippen LogP contribution in [0, 0.1) is 30.0 Å². The maximum atomic E-state index is 14.9. The van der Waals surface area contributed by atoms with Gasteiger partial charge in [-0.25, -0.2) is 22.5 Å². The van der Waals surface area contributed by atoms with Gasteiger partial charge in [0.1, 0.15) is 6.04 Å². The highest BCUT2D eigenvalue weighted by molar-refractivity contribution is 7.91. The van der Waals surface area contributed by atoms with E-state index < -0.39 is 21.7 Å². The third kappa shape index (κ3) is 5.59. The lowest BCUT2D eigenvalue weighted by Gasteiger charge is -2.31. The largest absolute Gasteiger partial charge is 0.369 e. The van der Waals surface area contributed by atoms with Gasteiger partial charge in [0.25, 0.3) is 0 Å². The van der Waals surface area contributed by atoms with E-state index in [0.717, 1.165) is 36.1 Å². The number of pyridine rings is 1. The molecule has 1 N–H and O–H groups in total. The summed E-state index contributed by atoms with van der Waals surface area (Å²) < 4.78 is 40.1. The number of aromatic nitrogens is 3. The first kappa shape index (κ1) is 27.8. The molecule has 3 aromatic rings. The maximum Gasteiger partial charge on any atom is 0.224 e. The minimum Gasteiger partial charge on any atom is -0.369 e. The van der Waals surface area contributed by atoms with Crippen LogP contribution in [-0.4, -0.2) is 59.7 Å². The number of nitrogens with one attached hydrogen (secondary N) is 1. The molecule has 0 bridgehead atoms. The Morgan fingerprint density at radius 3 is 2.52 bits per heavy atom. The number of benzene rings is 1. The van der Waals surface area contributed by atoms with Crippen LogP contribution in [0.1, 0.15) is 49.9 Å². The van der Waals surface area contributed by atoms with E-state index in [-0.39, 0.29) is 35.1 Å². The normalized spacial score (nSPS) is 21.4. The highest BCUT2D eigenvalue weighted by atomic mass is 32.2. The van der Waals surface area contributed by atoms with Crippen LogP contribution in [0.5, 0.6) is 0 Å². The summed E-state index contributed by atoms with van der Waals surface area (Å²) in [6, 6.07) is 12.2. The van der Waals surface area contributed by atoms with Crippen molar-refractivity contribution in [2.24, 2.45) is 5.92 Å².